The van der Waals surface area contributed by atoms with Crippen LogP contribution in [-0.2, 0) is 9.53 Å². The molecule has 0 saturated carbocycles. The third-order valence-corrected chi connectivity index (χ3v) is 6.50. The molecule has 1 fully saturated rings. The number of nitrogens with one attached hydrogen (secondary N) is 1. The predicted octanol–water partition coefficient (Wildman–Crippen LogP) is 1.90. The van der Waals surface area contributed by atoms with Gasteiger partial charge in [0.15, 0.2) is 0 Å². The van der Waals surface area contributed by atoms with Gasteiger partial charge in [0.05, 0.1) is 23.3 Å². The average molecular weight is 429 g/mol. The molecule has 4 aliphatic rings. The molecule has 9 heteroatoms. The van der Waals surface area contributed by atoms with Gasteiger partial charge in [-0.1, -0.05) is 0 Å². The zero-order valence-electron chi connectivity index (χ0n) is 17.5. The van der Waals surface area contributed by atoms with Gasteiger partial charge in [0.25, 0.3) is 0 Å². The number of aromatic amines is 1. The Morgan fingerprint density at radius 1 is 1.22 bits per heavy atom. The molecule has 4 aliphatic heterocycles. The Bertz CT molecular complexity index is 1190. The van der Waals surface area contributed by atoms with E-state index in [0.29, 0.717) is 6.61 Å². The van der Waals surface area contributed by atoms with Crippen LogP contribution in [0.5, 0.6) is 0 Å². The van der Waals surface area contributed by atoms with Gasteiger partial charge in [-0.2, -0.15) is 5.10 Å². The first-order valence-corrected chi connectivity index (χ1v) is 10.8. The Morgan fingerprint density at radius 2 is 2.16 bits per heavy atom. The van der Waals surface area contributed by atoms with Crippen LogP contribution in [0, 0.1) is 0 Å². The fourth-order valence-electron chi connectivity index (χ4n) is 4.98. The van der Waals surface area contributed by atoms with Crippen molar-refractivity contribution in [2.45, 2.75) is 25.3 Å². The molecule has 3 N–H and O–H groups in total. The number of amidine groups is 1. The summed E-state index contributed by atoms with van der Waals surface area (Å²) in [6, 6.07) is 3.71. The minimum absolute atomic E-state index is 0.297. The van der Waals surface area contributed by atoms with Crippen LogP contribution < -0.4 is 5.73 Å². The second-order valence-corrected chi connectivity index (χ2v) is 8.34. The van der Waals surface area contributed by atoms with Crippen molar-refractivity contribution in [2.24, 2.45) is 10.7 Å². The first kappa shape index (κ1) is 18.9. The van der Waals surface area contributed by atoms with Crippen LogP contribution in [0.15, 0.2) is 70.7 Å². The van der Waals surface area contributed by atoms with E-state index in [1.807, 2.05) is 30.7 Å². The lowest BCUT2D eigenvalue weighted by Gasteiger charge is -2.33. The summed E-state index contributed by atoms with van der Waals surface area (Å²) in [7, 11) is 0. The Balaban J connectivity index is 1.38. The summed E-state index contributed by atoms with van der Waals surface area (Å²) >= 11 is 0. The number of carbonyl (C=O) groups is 1. The molecule has 0 spiro atoms. The molecular weight excluding hydrogens is 406 g/mol. The number of ether oxygens (including phenoxy) is 1. The number of hydrogen-bond donors (Lipinski definition) is 2. The van der Waals surface area contributed by atoms with E-state index >= 15 is 0 Å². The topological polar surface area (TPSA) is 113 Å². The summed E-state index contributed by atoms with van der Waals surface area (Å²) in [5, 5.41) is 6.81. The number of pyridine rings is 1. The standard InChI is InChI=1S/C23H23N7O2/c24-22(31)19-2-1-6-29(19)20-13-32-12-15-5-7-30-21(15)17(20)11-26-23(30)14-3-4-18(25-8-14)16-9-27-28-10-16/h3-4,8-11,13,19H,1-2,5-7,12H2,(H2,24,31)(H,27,28)/t19-/m0/s1. The number of primary amides is 1. The number of nitrogens with zero attached hydrogens (tertiary/aromatic N) is 5. The molecule has 2 aromatic heterocycles. The van der Waals surface area contributed by atoms with Crippen molar-refractivity contribution >= 4 is 11.7 Å². The van der Waals surface area contributed by atoms with Crippen molar-refractivity contribution in [2.75, 3.05) is 19.7 Å². The molecule has 1 amide bonds. The predicted molar refractivity (Wildman–Crippen MR) is 118 cm³/mol. The lowest BCUT2D eigenvalue weighted by Crippen LogP contribution is -2.41. The van der Waals surface area contributed by atoms with Gasteiger partial charge in [0.1, 0.15) is 24.7 Å². The molecule has 6 heterocycles. The number of amides is 1. The lowest BCUT2D eigenvalue weighted by molar-refractivity contribution is -0.121. The van der Waals surface area contributed by atoms with Crippen LogP contribution in [0.3, 0.4) is 0 Å². The number of carbonyl (C=O) groups excluding carboxylic acids is 1. The minimum Gasteiger partial charge on any atom is -0.495 e. The van der Waals surface area contributed by atoms with Gasteiger partial charge in [-0.3, -0.25) is 14.9 Å². The van der Waals surface area contributed by atoms with Crippen molar-refractivity contribution in [3.63, 3.8) is 0 Å². The fraction of sp³-hybridized carbons (Fsp3) is 0.304. The molecule has 2 aromatic rings. The van der Waals surface area contributed by atoms with Crippen molar-refractivity contribution in [3.8, 4) is 11.3 Å². The number of nitrogens with two attached hydrogens (primary N) is 1. The van der Waals surface area contributed by atoms with E-state index in [0.717, 1.165) is 72.0 Å². The van der Waals surface area contributed by atoms with E-state index < -0.39 is 0 Å². The van der Waals surface area contributed by atoms with E-state index in [2.05, 4.69) is 25.0 Å². The van der Waals surface area contributed by atoms with E-state index in [4.69, 9.17) is 15.5 Å². The third-order valence-electron chi connectivity index (χ3n) is 6.50. The Labute approximate surface area is 185 Å². The maximum Gasteiger partial charge on any atom is 0.240 e. The first-order valence-electron chi connectivity index (χ1n) is 10.8. The number of likely N-dealkylation sites (tertiary alicyclic amines) is 1. The maximum absolute atomic E-state index is 12.0. The van der Waals surface area contributed by atoms with E-state index in [1.54, 1.807) is 12.5 Å². The van der Waals surface area contributed by atoms with E-state index in [-0.39, 0.29) is 11.9 Å². The Morgan fingerprint density at radius 3 is 2.94 bits per heavy atom. The lowest BCUT2D eigenvalue weighted by atomic mass is 10.0. The van der Waals surface area contributed by atoms with E-state index in [1.165, 1.54) is 5.57 Å². The van der Waals surface area contributed by atoms with Gasteiger partial charge in [-0.05, 0) is 37.0 Å². The minimum atomic E-state index is -0.312. The number of H-pyrrole nitrogens is 1. The highest BCUT2D eigenvalue weighted by molar-refractivity contribution is 6.02. The quantitative estimate of drug-likeness (QED) is 0.768. The van der Waals surface area contributed by atoms with Crippen molar-refractivity contribution < 1.29 is 9.53 Å². The molecule has 162 valence electrons. The van der Waals surface area contributed by atoms with Crippen LogP contribution in [0.1, 0.15) is 24.8 Å². The molecule has 0 aliphatic carbocycles. The molecule has 0 unspecified atom stereocenters. The monoisotopic (exact) mass is 429 g/mol. The Kier molecular flexibility index (Phi) is 4.34. The van der Waals surface area contributed by atoms with Gasteiger partial charge < -0.3 is 20.3 Å². The summed E-state index contributed by atoms with van der Waals surface area (Å²) in [6.45, 7) is 2.14. The van der Waals surface area contributed by atoms with Gasteiger partial charge >= 0.3 is 0 Å². The third kappa shape index (κ3) is 2.92. The van der Waals surface area contributed by atoms with Gasteiger partial charge in [0.2, 0.25) is 5.91 Å². The SMILES string of the molecule is NC(=O)[C@@H]1CCCN1C1=COCC2=C3C1=CN=C(c1ccc(-c4cn[nH]c4)nc1)N3CC2. The first-order chi connectivity index (χ1) is 15.7. The fourth-order valence-corrected chi connectivity index (χ4v) is 4.98. The largest absolute Gasteiger partial charge is 0.495 e. The Hall–Kier alpha value is -3.88. The van der Waals surface area contributed by atoms with Gasteiger partial charge in [-0.15, -0.1) is 0 Å². The zero-order valence-corrected chi connectivity index (χ0v) is 17.5. The highest BCUT2D eigenvalue weighted by Crippen LogP contribution is 2.41. The smallest absolute Gasteiger partial charge is 0.240 e. The normalized spacial score (nSPS) is 22.1. The molecule has 0 radical (unpaired) electrons. The van der Waals surface area contributed by atoms with Crippen LogP contribution in [0.4, 0.5) is 0 Å². The van der Waals surface area contributed by atoms with Crippen LogP contribution in [0.25, 0.3) is 11.3 Å². The van der Waals surface area contributed by atoms with Crippen LogP contribution in [0.2, 0.25) is 0 Å². The van der Waals surface area contributed by atoms with Crippen LogP contribution >= 0.6 is 0 Å². The highest BCUT2D eigenvalue weighted by Gasteiger charge is 2.39. The average Bonchev–Trinajstić information content (AvgIpc) is 3.56. The number of rotatable bonds is 4. The molecule has 6 rings (SSSR count). The van der Waals surface area contributed by atoms with Crippen LogP contribution in [-0.4, -0.2) is 62.5 Å². The summed E-state index contributed by atoms with van der Waals surface area (Å²) < 4.78 is 5.91. The van der Waals surface area contributed by atoms with Crippen molar-refractivity contribution in [1.82, 2.24) is 25.0 Å². The molecule has 0 aromatic carbocycles. The number of hydrogen-bond acceptors (Lipinski definition) is 7. The zero-order chi connectivity index (χ0) is 21.7. The summed E-state index contributed by atoms with van der Waals surface area (Å²) in [5.74, 6) is 0.577. The molecule has 1 saturated heterocycles. The second kappa shape index (κ2) is 7.37. The number of aromatic nitrogens is 3. The number of aliphatic imine (C=N–C) groups is 1. The van der Waals surface area contributed by atoms with E-state index in [9.17, 15) is 4.79 Å². The highest BCUT2D eigenvalue weighted by atomic mass is 16.5. The molecule has 0 bridgehead atoms. The van der Waals surface area contributed by atoms with Gasteiger partial charge in [-0.25, -0.2) is 4.99 Å². The van der Waals surface area contributed by atoms with Crippen molar-refractivity contribution in [1.29, 1.82) is 0 Å². The summed E-state index contributed by atoms with van der Waals surface area (Å²) in [4.78, 5) is 25.8. The molecule has 9 nitrogen and oxygen atoms in total. The summed E-state index contributed by atoms with van der Waals surface area (Å²) in [5.41, 5.74) is 12.7. The molecule has 1 atom stereocenters. The molecule has 32 heavy (non-hydrogen) atoms. The molecular formula is C23H23N7O2. The second-order valence-electron chi connectivity index (χ2n) is 8.34. The summed E-state index contributed by atoms with van der Waals surface area (Å²) in [6.07, 6.45) is 11.7. The van der Waals surface area contributed by atoms with Crippen molar-refractivity contribution in [3.05, 3.63) is 71.3 Å². The maximum atomic E-state index is 12.0. The van der Waals surface area contributed by atoms with Gasteiger partial charge in [0, 0.05) is 48.4 Å².